The molecule has 0 bridgehead atoms. The summed E-state index contributed by atoms with van der Waals surface area (Å²) in [7, 11) is 0. The van der Waals surface area contributed by atoms with Crippen LogP contribution in [-0.2, 0) is 0 Å². The van der Waals surface area contributed by atoms with Crippen LogP contribution in [0.3, 0.4) is 0 Å². The summed E-state index contributed by atoms with van der Waals surface area (Å²) in [5.41, 5.74) is 0. The second-order valence-corrected chi connectivity index (χ2v) is 4.05. The van der Waals surface area contributed by atoms with Gasteiger partial charge in [0.2, 0.25) is 0 Å². The first kappa shape index (κ1) is 10.3. The Morgan fingerprint density at radius 2 is 1.21 bits per heavy atom. The Labute approximate surface area is 81.0 Å². The van der Waals surface area contributed by atoms with Gasteiger partial charge >= 0.3 is 0 Å². The summed E-state index contributed by atoms with van der Waals surface area (Å²) in [6.45, 7) is 0.379. The molecule has 2 aliphatic heterocycles. The number of nitrogens with zero attached hydrogens (tertiary/aromatic N) is 1. The maximum Gasteiger partial charge on any atom is 0.109 e. The fourth-order valence-corrected chi connectivity index (χ4v) is 2.31. The van der Waals surface area contributed by atoms with Crippen LogP contribution < -0.4 is 0 Å². The van der Waals surface area contributed by atoms with E-state index in [0.29, 0.717) is 0 Å². The van der Waals surface area contributed by atoms with Crippen molar-refractivity contribution in [3.8, 4) is 0 Å². The fraction of sp³-hybridized carbons (Fsp3) is 1.00. The average Bonchev–Trinajstić information content (AvgIpc) is 2.39. The Morgan fingerprint density at radius 1 is 0.714 bits per heavy atom. The summed E-state index contributed by atoms with van der Waals surface area (Å²) in [6.07, 6.45) is -5.49. The number of piperidine rings is 1. The largest absolute Gasteiger partial charge is 0.389 e. The van der Waals surface area contributed by atoms with Gasteiger partial charge in [0.05, 0.1) is 24.4 Å². The first-order valence-corrected chi connectivity index (χ1v) is 4.66. The van der Waals surface area contributed by atoms with E-state index < -0.39 is 36.6 Å². The highest BCUT2D eigenvalue weighted by Gasteiger charge is 2.51. The molecule has 0 aromatic heterocycles. The number of rotatable bonds is 0. The molecule has 0 aliphatic carbocycles. The molecule has 82 valence electrons. The minimum Gasteiger partial charge on any atom is -0.389 e. The second-order valence-electron chi connectivity index (χ2n) is 4.05. The highest BCUT2D eigenvalue weighted by Crippen LogP contribution is 2.28. The van der Waals surface area contributed by atoms with Crippen LogP contribution in [-0.4, -0.2) is 80.1 Å². The fourth-order valence-electron chi connectivity index (χ4n) is 2.31. The Hall–Kier alpha value is -0.240. The van der Waals surface area contributed by atoms with Gasteiger partial charge in [0.25, 0.3) is 0 Å². The average molecular weight is 205 g/mol. The lowest BCUT2D eigenvalue weighted by molar-refractivity contribution is -0.142. The molecule has 6 atom stereocenters. The second kappa shape index (κ2) is 3.41. The lowest BCUT2D eigenvalue weighted by atomic mass is 9.93. The molecular weight excluding hydrogens is 190 g/mol. The van der Waals surface area contributed by atoms with E-state index in [1.807, 2.05) is 0 Å². The van der Waals surface area contributed by atoms with Crippen LogP contribution in [0.15, 0.2) is 0 Å². The molecule has 2 heterocycles. The molecule has 0 spiro atoms. The van der Waals surface area contributed by atoms with Gasteiger partial charge < -0.3 is 25.5 Å². The molecule has 2 rings (SSSR count). The molecule has 0 radical (unpaired) electrons. The van der Waals surface area contributed by atoms with Crippen LogP contribution >= 0.6 is 0 Å². The Bertz CT molecular complexity index is 224. The van der Waals surface area contributed by atoms with E-state index in [9.17, 15) is 25.5 Å². The predicted molar refractivity (Wildman–Crippen MR) is 45.4 cm³/mol. The van der Waals surface area contributed by atoms with Crippen molar-refractivity contribution in [2.75, 3.05) is 13.1 Å². The molecule has 6 heteroatoms. The van der Waals surface area contributed by atoms with Gasteiger partial charge in [-0.15, -0.1) is 0 Å². The van der Waals surface area contributed by atoms with Crippen LogP contribution in [0.5, 0.6) is 0 Å². The first-order chi connectivity index (χ1) is 6.52. The number of aliphatic hydroxyl groups excluding tert-OH is 5. The van der Waals surface area contributed by atoms with E-state index in [4.69, 9.17) is 0 Å². The summed E-state index contributed by atoms with van der Waals surface area (Å²) in [6, 6.07) is -0.677. The minimum absolute atomic E-state index is 0.164. The maximum absolute atomic E-state index is 9.58. The van der Waals surface area contributed by atoms with Gasteiger partial charge in [-0.1, -0.05) is 0 Å². The Balaban J connectivity index is 2.18. The summed E-state index contributed by atoms with van der Waals surface area (Å²) >= 11 is 0. The van der Waals surface area contributed by atoms with Gasteiger partial charge in [0.1, 0.15) is 12.2 Å². The van der Waals surface area contributed by atoms with E-state index in [1.165, 1.54) is 0 Å². The number of aliphatic hydroxyl groups is 5. The van der Waals surface area contributed by atoms with Gasteiger partial charge in [-0.3, -0.25) is 4.90 Å². The summed E-state index contributed by atoms with van der Waals surface area (Å²) < 4.78 is 0. The molecular formula is C8H15NO5. The van der Waals surface area contributed by atoms with Crippen LogP contribution in [0.1, 0.15) is 0 Å². The molecule has 0 saturated carbocycles. The first-order valence-electron chi connectivity index (χ1n) is 4.66. The van der Waals surface area contributed by atoms with Gasteiger partial charge in [0.15, 0.2) is 0 Å². The molecule has 2 aliphatic rings. The molecule has 2 fully saturated rings. The van der Waals surface area contributed by atoms with E-state index in [1.54, 1.807) is 4.90 Å². The third kappa shape index (κ3) is 1.35. The monoisotopic (exact) mass is 205 g/mol. The minimum atomic E-state index is -1.25. The normalized spacial score (nSPS) is 54.6. The van der Waals surface area contributed by atoms with E-state index in [-0.39, 0.29) is 13.1 Å². The SMILES string of the molecule is OC1CN2C[C@H](O)[C@H](O)C2C(O)C1O. The molecule has 4 unspecified atom stereocenters. The van der Waals surface area contributed by atoms with Crippen molar-refractivity contribution in [2.24, 2.45) is 0 Å². The quantitative estimate of drug-likeness (QED) is 0.281. The lowest BCUT2D eigenvalue weighted by Crippen LogP contribution is -2.61. The van der Waals surface area contributed by atoms with E-state index in [0.717, 1.165) is 0 Å². The van der Waals surface area contributed by atoms with Crippen molar-refractivity contribution >= 4 is 0 Å². The van der Waals surface area contributed by atoms with Crippen molar-refractivity contribution in [2.45, 2.75) is 36.6 Å². The smallest absolute Gasteiger partial charge is 0.109 e. The Kier molecular flexibility index (Phi) is 2.50. The van der Waals surface area contributed by atoms with Crippen LogP contribution in [0, 0.1) is 0 Å². The van der Waals surface area contributed by atoms with Gasteiger partial charge in [-0.05, 0) is 0 Å². The lowest BCUT2D eigenvalue weighted by Gasteiger charge is -2.40. The van der Waals surface area contributed by atoms with Crippen LogP contribution in [0.2, 0.25) is 0 Å². The third-order valence-electron chi connectivity index (χ3n) is 3.10. The summed E-state index contributed by atoms with van der Waals surface area (Å²) in [4.78, 5) is 1.59. The van der Waals surface area contributed by atoms with Crippen molar-refractivity contribution in [1.29, 1.82) is 0 Å². The topological polar surface area (TPSA) is 104 Å². The number of fused-ring (bicyclic) bond motifs is 1. The number of hydrogen-bond donors (Lipinski definition) is 5. The van der Waals surface area contributed by atoms with Gasteiger partial charge in [0, 0.05) is 13.1 Å². The molecule has 2 saturated heterocycles. The summed E-state index contributed by atoms with van der Waals surface area (Å²) in [5, 5.41) is 47.2. The highest BCUT2D eigenvalue weighted by molar-refractivity contribution is 5.04. The summed E-state index contributed by atoms with van der Waals surface area (Å²) in [5.74, 6) is 0. The van der Waals surface area contributed by atoms with Gasteiger partial charge in [-0.2, -0.15) is 0 Å². The van der Waals surface area contributed by atoms with Crippen molar-refractivity contribution < 1.29 is 25.5 Å². The standard InChI is InChI=1S/C8H15NO5/c10-3-1-9-2-4(11)7(13)8(14)5(9)6(3)12/h3-8,10-14H,1-2H2/t3-,4?,5?,6-,7?,8?/m0/s1. The van der Waals surface area contributed by atoms with Gasteiger partial charge in [-0.25, -0.2) is 0 Å². The molecule has 0 amide bonds. The molecule has 14 heavy (non-hydrogen) atoms. The zero-order chi connectivity index (χ0) is 10.5. The third-order valence-corrected chi connectivity index (χ3v) is 3.10. The van der Waals surface area contributed by atoms with E-state index in [2.05, 4.69) is 0 Å². The molecule has 6 nitrogen and oxygen atoms in total. The van der Waals surface area contributed by atoms with Crippen molar-refractivity contribution in [1.82, 2.24) is 4.90 Å². The zero-order valence-electron chi connectivity index (χ0n) is 7.56. The predicted octanol–water partition coefficient (Wildman–Crippen LogP) is -3.51. The van der Waals surface area contributed by atoms with Crippen molar-refractivity contribution in [3.05, 3.63) is 0 Å². The maximum atomic E-state index is 9.58. The zero-order valence-corrected chi connectivity index (χ0v) is 7.56. The molecule has 0 aromatic carbocycles. The molecule has 5 N–H and O–H groups in total. The van der Waals surface area contributed by atoms with E-state index >= 15 is 0 Å². The Morgan fingerprint density at radius 3 is 1.79 bits per heavy atom. The number of hydrogen-bond acceptors (Lipinski definition) is 6. The van der Waals surface area contributed by atoms with Crippen molar-refractivity contribution in [3.63, 3.8) is 0 Å². The van der Waals surface area contributed by atoms with Crippen LogP contribution in [0.4, 0.5) is 0 Å². The highest BCUT2D eigenvalue weighted by atomic mass is 16.4. The molecule has 0 aromatic rings. The van der Waals surface area contributed by atoms with Crippen LogP contribution in [0.25, 0.3) is 0 Å².